The summed E-state index contributed by atoms with van der Waals surface area (Å²) in [5, 5.41) is 9.81. The first-order valence-electron chi connectivity index (χ1n) is 5.29. The van der Waals surface area contributed by atoms with Crippen LogP contribution in [0.2, 0.25) is 0 Å². The van der Waals surface area contributed by atoms with Gasteiger partial charge in [0.05, 0.1) is 12.3 Å². The van der Waals surface area contributed by atoms with E-state index < -0.39 is 17.9 Å². The molecule has 1 N–H and O–H groups in total. The SMILES string of the molecule is CCOC(=O)C(O)c1cccc(F)c1N(C)C. The number of carbonyl (C=O) groups is 1. The van der Waals surface area contributed by atoms with Crippen LogP contribution >= 0.6 is 0 Å². The summed E-state index contributed by atoms with van der Waals surface area (Å²) in [6.07, 6.45) is -1.47. The lowest BCUT2D eigenvalue weighted by Crippen LogP contribution is -2.20. The van der Waals surface area contributed by atoms with Crippen molar-refractivity contribution in [3.8, 4) is 0 Å². The molecule has 0 saturated carbocycles. The van der Waals surface area contributed by atoms with Crippen molar-refractivity contribution >= 4 is 11.7 Å². The lowest BCUT2D eigenvalue weighted by atomic mass is 10.1. The van der Waals surface area contributed by atoms with Crippen molar-refractivity contribution in [2.45, 2.75) is 13.0 Å². The number of rotatable bonds is 4. The summed E-state index contributed by atoms with van der Waals surface area (Å²) >= 11 is 0. The molecule has 0 aromatic heterocycles. The first-order chi connectivity index (χ1) is 7.99. The highest BCUT2D eigenvalue weighted by Gasteiger charge is 2.24. The molecule has 0 amide bonds. The summed E-state index contributed by atoms with van der Waals surface area (Å²) in [5.41, 5.74) is 0.390. The molecule has 0 bridgehead atoms. The first kappa shape index (κ1) is 13.4. The van der Waals surface area contributed by atoms with E-state index in [4.69, 9.17) is 4.74 Å². The van der Waals surface area contributed by atoms with Gasteiger partial charge in [-0.2, -0.15) is 0 Å². The molecule has 0 aliphatic carbocycles. The van der Waals surface area contributed by atoms with Gasteiger partial charge in [-0.05, 0) is 13.0 Å². The third-order valence-electron chi connectivity index (χ3n) is 2.27. The van der Waals surface area contributed by atoms with Crippen molar-refractivity contribution in [1.29, 1.82) is 0 Å². The van der Waals surface area contributed by atoms with Crippen LogP contribution in [-0.2, 0) is 9.53 Å². The van der Waals surface area contributed by atoms with Gasteiger partial charge in [-0.3, -0.25) is 0 Å². The fraction of sp³-hybridized carbons (Fsp3) is 0.417. The van der Waals surface area contributed by atoms with Crippen LogP contribution in [0.25, 0.3) is 0 Å². The van der Waals surface area contributed by atoms with Crippen molar-refractivity contribution in [3.05, 3.63) is 29.6 Å². The van der Waals surface area contributed by atoms with Gasteiger partial charge in [0.15, 0.2) is 6.10 Å². The number of hydrogen-bond donors (Lipinski definition) is 1. The van der Waals surface area contributed by atoms with E-state index in [9.17, 15) is 14.3 Å². The summed E-state index contributed by atoms with van der Waals surface area (Å²) in [6, 6.07) is 4.22. The molecular weight excluding hydrogens is 225 g/mol. The lowest BCUT2D eigenvalue weighted by molar-refractivity contribution is -0.153. The molecule has 4 nitrogen and oxygen atoms in total. The Balaban J connectivity index is 3.13. The molecule has 1 rings (SSSR count). The number of carbonyl (C=O) groups excluding carboxylic acids is 1. The van der Waals surface area contributed by atoms with E-state index in [1.165, 1.54) is 23.1 Å². The minimum atomic E-state index is -1.47. The molecule has 0 aliphatic heterocycles. The van der Waals surface area contributed by atoms with Gasteiger partial charge in [0, 0.05) is 19.7 Å². The normalized spacial score (nSPS) is 12.1. The highest BCUT2D eigenvalue weighted by molar-refractivity contribution is 5.79. The minimum absolute atomic E-state index is 0.169. The van der Waals surface area contributed by atoms with Crippen molar-refractivity contribution < 1.29 is 19.0 Å². The maximum Gasteiger partial charge on any atom is 0.339 e. The van der Waals surface area contributed by atoms with E-state index >= 15 is 0 Å². The van der Waals surface area contributed by atoms with Crippen molar-refractivity contribution in [2.24, 2.45) is 0 Å². The average Bonchev–Trinajstić information content (AvgIpc) is 2.27. The molecule has 1 unspecified atom stereocenters. The van der Waals surface area contributed by atoms with Crippen LogP contribution in [0.5, 0.6) is 0 Å². The van der Waals surface area contributed by atoms with E-state index in [1.54, 1.807) is 21.0 Å². The Morgan fingerprint density at radius 1 is 1.53 bits per heavy atom. The van der Waals surface area contributed by atoms with Gasteiger partial charge in [-0.1, -0.05) is 12.1 Å². The number of aliphatic hydroxyl groups excluding tert-OH is 1. The van der Waals surface area contributed by atoms with Crippen LogP contribution in [0.3, 0.4) is 0 Å². The van der Waals surface area contributed by atoms with Crippen LogP contribution in [0.4, 0.5) is 10.1 Å². The highest BCUT2D eigenvalue weighted by atomic mass is 19.1. The number of esters is 1. The zero-order valence-corrected chi connectivity index (χ0v) is 10.1. The zero-order valence-electron chi connectivity index (χ0n) is 10.1. The lowest BCUT2D eigenvalue weighted by Gasteiger charge is -2.20. The number of anilines is 1. The highest BCUT2D eigenvalue weighted by Crippen LogP contribution is 2.28. The molecular formula is C12H16FNO3. The number of aliphatic hydroxyl groups is 1. The summed E-state index contributed by atoms with van der Waals surface area (Å²) in [4.78, 5) is 12.9. The maximum atomic E-state index is 13.6. The average molecular weight is 241 g/mol. The molecule has 0 fully saturated rings. The third-order valence-corrected chi connectivity index (χ3v) is 2.27. The van der Waals surface area contributed by atoms with E-state index in [-0.39, 0.29) is 17.9 Å². The molecule has 17 heavy (non-hydrogen) atoms. The van der Waals surface area contributed by atoms with E-state index in [1.807, 2.05) is 0 Å². The van der Waals surface area contributed by atoms with Crippen molar-refractivity contribution in [3.63, 3.8) is 0 Å². The quantitative estimate of drug-likeness (QED) is 0.811. The van der Waals surface area contributed by atoms with Gasteiger partial charge in [-0.25, -0.2) is 9.18 Å². The van der Waals surface area contributed by atoms with Crippen LogP contribution < -0.4 is 4.90 Å². The molecule has 1 aromatic rings. The molecule has 5 heteroatoms. The number of halogens is 1. The van der Waals surface area contributed by atoms with Gasteiger partial charge >= 0.3 is 5.97 Å². The molecule has 1 atom stereocenters. The Bertz CT molecular complexity index is 407. The fourth-order valence-corrected chi connectivity index (χ4v) is 1.57. The largest absolute Gasteiger partial charge is 0.464 e. The first-order valence-corrected chi connectivity index (χ1v) is 5.29. The minimum Gasteiger partial charge on any atom is -0.464 e. The van der Waals surface area contributed by atoms with E-state index in [0.29, 0.717) is 0 Å². The second-order valence-electron chi connectivity index (χ2n) is 3.73. The predicted octanol–water partition coefficient (Wildman–Crippen LogP) is 1.49. The van der Waals surface area contributed by atoms with Gasteiger partial charge in [0.2, 0.25) is 0 Å². The number of benzene rings is 1. The topological polar surface area (TPSA) is 49.8 Å². The summed E-state index contributed by atoms with van der Waals surface area (Å²) in [6.45, 7) is 1.81. The summed E-state index contributed by atoms with van der Waals surface area (Å²) in [5.74, 6) is -1.27. The van der Waals surface area contributed by atoms with Gasteiger partial charge < -0.3 is 14.7 Å². The van der Waals surface area contributed by atoms with Crippen molar-refractivity contribution in [1.82, 2.24) is 0 Å². The van der Waals surface area contributed by atoms with Crippen LogP contribution in [0.15, 0.2) is 18.2 Å². The Labute approximate surface area is 99.6 Å². The Kier molecular flexibility index (Phi) is 4.45. The van der Waals surface area contributed by atoms with Gasteiger partial charge in [0.1, 0.15) is 5.82 Å². The zero-order chi connectivity index (χ0) is 13.0. The van der Waals surface area contributed by atoms with Crippen LogP contribution in [0.1, 0.15) is 18.6 Å². The second-order valence-corrected chi connectivity index (χ2v) is 3.73. The summed E-state index contributed by atoms with van der Waals surface area (Å²) in [7, 11) is 3.28. The number of ether oxygens (including phenoxy) is 1. The predicted molar refractivity (Wildman–Crippen MR) is 62.3 cm³/mol. The molecule has 0 aliphatic rings. The monoisotopic (exact) mass is 241 g/mol. The van der Waals surface area contributed by atoms with Crippen LogP contribution in [-0.4, -0.2) is 31.8 Å². The summed E-state index contributed by atoms with van der Waals surface area (Å²) < 4.78 is 18.3. The maximum absolute atomic E-state index is 13.6. The molecule has 0 heterocycles. The van der Waals surface area contributed by atoms with E-state index in [0.717, 1.165) is 0 Å². The number of hydrogen-bond acceptors (Lipinski definition) is 4. The molecule has 0 saturated heterocycles. The molecule has 0 radical (unpaired) electrons. The van der Waals surface area contributed by atoms with Crippen molar-refractivity contribution in [2.75, 3.05) is 25.6 Å². The van der Waals surface area contributed by atoms with Gasteiger partial charge in [-0.15, -0.1) is 0 Å². The van der Waals surface area contributed by atoms with Gasteiger partial charge in [0.25, 0.3) is 0 Å². The number of nitrogens with zero attached hydrogens (tertiary/aromatic N) is 1. The standard InChI is InChI=1S/C12H16FNO3/c1-4-17-12(16)11(15)8-6-5-7-9(13)10(8)14(2)3/h5-7,11,15H,4H2,1-3H3. The molecule has 1 aromatic carbocycles. The Hall–Kier alpha value is -1.62. The third kappa shape index (κ3) is 2.94. The smallest absolute Gasteiger partial charge is 0.339 e. The fourth-order valence-electron chi connectivity index (χ4n) is 1.57. The Morgan fingerprint density at radius 3 is 2.71 bits per heavy atom. The van der Waals surface area contributed by atoms with Crippen LogP contribution in [0, 0.1) is 5.82 Å². The molecule has 94 valence electrons. The number of para-hydroxylation sites is 1. The Morgan fingerprint density at radius 2 is 2.18 bits per heavy atom. The second kappa shape index (κ2) is 5.63. The molecule has 0 spiro atoms. The van der Waals surface area contributed by atoms with E-state index in [2.05, 4.69) is 0 Å².